The molecule has 1 nitrogen and oxygen atoms in total. The van der Waals surface area contributed by atoms with Crippen LogP contribution in [0.3, 0.4) is 0 Å². The molecule has 1 N–H and O–H groups in total. The van der Waals surface area contributed by atoms with Gasteiger partial charge in [-0.2, -0.15) is 0 Å². The summed E-state index contributed by atoms with van der Waals surface area (Å²) in [4.78, 5) is 0. The zero-order chi connectivity index (χ0) is 7.11. The molecular formula is C6H9BrClN. The molecule has 52 valence electrons. The van der Waals surface area contributed by atoms with Crippen LogP contribution in [0.1, 0.15) is 0 Å². The van der Waals surface area contributed by atoms with Gasteiger partial charge < -0.3 is 5.32 Å². The summed E-state index contributed by atoms with van der Waals surface area (Å²) in [6, 6.07) is 0. The molecule has 0 aliphatic heterocycles. The zero-order valence-corrected chi connectivity index (χ0v) is 7.37. The van der Waals surface area contributed by atoms with Gasteiger partial charge in [0, 0.05) is 23.1 Å². The van der Waals surface area contributed by atoms with Crippen molar-refractivity contribution in [1.82, 2.24) is 5.32 Å². The Morgan fingerprint density at radius 1 is 1.78 bits per heavy atom. The second-order valence-corrected chi connectivity index (χ2v) is 2.88. The second kappa shape index (κ2) is 6.33. The highest BCUT2D eigenvalue weighted by Gasteiger charge is 1.82. The summed E-state index contributed by atoms with van der Waals surface area (Å²) >= 11 is 8.47. The minimum Gasteiger partial charge on any atom is -0.309 e. The molecule has 0 bridgehead atoms. The van der Waals surface area contributed by atoms with E-state index in [4.69, 9.17) is 11.6 Å². The SMILES string of the molecule is C=C(Br)CNC/C=C/Cl. The lowest BCUT2D eigenvalue weighted by Crippen LogP contribution is -2.14. The van der Waals surface area contributed by atoms with Crippen molar-refractivity contribution in [2.45, 2.75) is 0 Å². The maximum Gasteiger partial charge on any atom is 0.0268 e. The van der Waals surface area contributed by atoms with Crippen molar-refractivity contribution in [2.24, 2.45) is 0 Å². The lowest BCUT2D eigenvalue weighted by molar-refractivity contribution is 0.840. The van der Waals surface area contributed by atoms with E-state index in [9.17, 15) is 0 Å². The van der Waals surface area contributed by atoms with Crippen molar-refractivity contribution in [2.75, 3.05) is 13.1 Å². The highest BCUT2D eigenvalue weighted by Crippen LogP contribution is 1.95. The van der Waals surface area contributed by atoms with Crippen LogP contribution < -0.4 is 5.32 Å². The second-order valence-electron chi connectivity index (χ2n) is 1.51. The first-order valence-corrected chi connectivity index (χ1v) is 3.79. The maximum atomic E-state index is 5.26. The molecular weight excluding hydrogens is 201 g/mol. The average Bonchev–Trinajstić information content (AvgIpc) is 1.80. The van der Waals surface area contributed by atoms with Crippen LogP contribution in [0.5, 0.6) is 0 Å². The van der Waals surface area contributed by atoms with Crippen LogP contribution in [-0.4, -0.2) is 13.1 Å². The van der Waals surface area contributed by atoms with Gasteiger partial charge in [-0.05, 0) is 0 Å². The van der Waals surface area contributed by atoms with Gasteiger partial charge in [-0.3, -0.25) is 0 Å². The number of nitrogens with one attached hydrogen (secondary N) is 1. The Hall–Kier alpha value is 0.210. The van der Waals surface area contributed by atoms with Crippen LogP contribution in [0.15, 0.2) is 22.7 Å². The Balaban J connectivity index is 3.01. The molecule has 0 amide bonds. The monoisotopic (exact) mass is 209 g/mol. The van der Waals surface area contributed by atoms with Crippen LogP contribution in [0.2, 0.25) is 0 Å². The minimum atomic E-state index is 0.779. The molecule has 3 heteroatoms. The van der Waals surface area contributed by atoms with E-state index in [2.05, 4.69) is 27.8 Å². The van der Waals surface area contributed by atoms with Gasteiger partial charge in [0.25, 0.3) is 0 Å². The van der Waals surface area contributed by atoms with Crippen molar-refractivity contribution in [3.05, 3.63) is 22.7 Å². The number of halogens is 2. The molecule has 0 heterocycles. The van der Waals surface area contributed by atoms with Crippen molar-refractivity contribution < 1.29 is 0 Å². The molecule has 0 aromatic rings. The molecule has 0 radical (unpaired) electrons. The first-order valence-electron chi connectivity index (χ1n) is 2.56. The lowest BCUT2D eigenvalue weighted by atomic mass is 10.5. The van der Waals surface area contributed by atoms with Gasteiger partial charge in [0.2, 0.25) is 0 Å². The third-order valence-electron chi connectivity index (χ3n) is 0.668. The topological polar surface area (TPSA) is 12.0 Å². The van der Waals surface area contributed by atoms with Gasteiger partial charge >= 0.3 is 0 Å². The fourth-order valence-corrected chi connectivity index (χ4v) is 0.623. The Labute approximate surface area is 68.9 Å². The van der Waals surface area contributed by atoms with Crippen LogP contribution >= 0.6 is 27.5 Å². The summed E-state index contributed by atoms with van der Waals surface area (Å²) in [6.07, 6.45) is 1.83. The Morgan fingerprint density at radius 2 is 2.44 bits per heavy atom. The highest BCUT2D eigenvalue weighted by atomic mass is 79.9. The van der Waals surface area contributed by atoms with Crippen molar-refractivity contribution >= 4 is 27.5 Å². The average molecular weight is 211 g/mol. The Bertz CT molecular complexity index is 112. The maximum absolute atomic E-state index is 5.26. The highest BCUT2D eigenvalue weighted by molar-refractivity contribution is 9.11. The van der Waals surface area contributed by atoms with Crippen molar-refractivity contribution in [3.8, 4) is 0 Å². The fourth-order valence-electron chi connectivity index (χ4n) is 0.336. The fraction of sp³-hybridized carbons (Fsp3) is 0.333. The molecule has 0 fully saturated rings. The van der Waals surface area contributed by atoms with E-state index in [0.29, 0.717) is 0 Å². The first kappa shape index (κ1) is 9.21. The quantitative estimate of drug-likeness (QED) is 0.702. The van der Waals surface area contributed by atoms with Gasteiger partial charge in [0.05, 0.1) is 0 Å². The zero-order valence-electron chi connectivity index (χ0n) is 5.03. The normalized spacial score (nSPS) is 10.4. The molecule has 0 saturated heterocycles. The molecule has 0 aliphatic rings. The molecule has 9 heavy (non-hydrogen) atoms. The molecule has 0 spiro atoms. The molecule has 0 rings (SSSR count). The predicted molar refractivity (Wildman–Crippen MR) is 45.9 cm³/mol. The largest absolute Gasteiger partial charge is 0.309 e. The smallest absolute Gasteiger partial charge is 0.0268 e. The summed E-state index contributed by atoms with van der Waals surface area (Å²) < 4.78 is 0.950. The van der Waals surface area contributed by atoms with Gasteiger partial charge in [0.1, 0.15) is 0 Å². The van der Waals surface area contributed by atoms with E-state index >= 15 is 0 Å². The molecule has 0 atom stereocenters. The van der Waals surface area contributed by atoms with E-state index < -0.39 is 0 Å². The number of rotatable bonds is 4. The van der Waals surface area contributed by atoms with Gasteiger partial charge in [-0.1, -0.05) is 40.2 Å². The molecule has 0 aromatic heterocycles. The lowest BCUT2D eigenvalue weighted by Gasteiger charge is -1.95. The minimum absolute atomic E-state index is 0.779. The van der Waals surface area contributed by atoms with E-state index in [1.54, 1.807) is 0 Å². The van der Waals surface area contributed by atoms with E-state index in [1.165, 1.54) is 5.54 Å². The molecule has 0 aliphatic carbocycles. The van der Waals surface area contributed by atoms with Crippen LogP contribution in [0, 0.1) is 0 Å². The summed E-state index contributed by atoms with van der Waals surface area (Å²) in [6.45, 7) is 5.21. The summed E-state index contributed by atoms with van der Waals surface area (Å²) in [5.41, 5.74) is 1.49. The van der Waals surface area contributed by atoms with Crippen molar-refractivity contribution in [1.29, 1.82) is 0 Å². The number of hydrogen-bond acceptors (Lipinski definition) is 1. The van der Waals surface area contributed by atoms with Crippen LogP contribution in [0.25, 0.3) is 0 Å². The summed E-state index contributed by atoms with van der Waals surface area (Å²) in [7, 11) is 0. The molecule has 0 unspecified atom stereocenters. The van der Waals surface area contributed by atoms with E-state index in [1.807, 2.05) is 6.08 Å². The van der Waals surface area contributed by atoms with Gasteiger partial charge in [-0.25, -0.2) is 0 Å². The van der Waals surface area contributed by atoms with E-state index in [0.717, 1.165) is 17.6 Å². The van der Waals surface area contributed by atoms with Crippen LogP contribution in [-0.2, 0) is 0 Å². The third kappa shape index (κ3) is 8.21. The van der Waals surface area contributed by atoms with Gasteiger partial charge in [-0.15, -0.1) is 0 Å². The van der Waals surface area contributed by atoms with Crippen LogP contribution in [0.4, 0.5) is 0 Å². The van der Waals surface area contributed by atoms with Gasteiger partial charge in [0.15, 0.2) is 0 Å². The molecule has 0 aromatic carbocycles. The summed E-state index contributed by atoms with van der Waals surface area (Å²) in [5, 5.41) is 3.07. The standard InChI is InChI=1S/C6H9BrClN/c1-6(7)5-9-4-2-3-8/h2-3,9H,1,4-5H2/b3-2+. The third-order valence-corrected chi connectivity index (χ3v) is 1.13. The Kier molecular flexibility index (Phi) is 6.48. The van der Waals surface area contributed by atoms with E-state index in [-0.39, 0.29) is 0 Å². The molecule has 0 saturated carbocycles. The number of hydrogen-bond donors (Lipinski definition) is 1. The summed E-state index contributed by atoms with van der Waals surface area (Å²) in [5.74, 6) is 0. The predicted octanol–water partition coefficient (Wildman–Crippen LogP) is 2.24. The van der Waals surface area contributed by atoms with Crippen molar-refractivity contribution in [3.63, 3.8) is 0 Å². The Morgan fingerprint density at radius 3 is 2.89 bits per heavy atom. The first-order chi connectivity index (χ1) is 4.27.